The lowest BCUT2D eigenvalue weighted by Gasteiger charge is -2.22. The van der Waals surface area contributed by atoms with E-state index < -0.39 is 6.04 Å². The van der Waals surface area contributed by atoms with Crippen LogP contribution in [0.4, 0.5) is 0 Å². The fourth-order valence-electron chi connectivity index (χ4n) is 3.13. The Morgan fingerprint density at radius 3 is 2.74 bits per heavy atom. The number of amides is 1. The second-order valence-electron chi connectivity index (χ2n) is 6.26. The number of aryl methyl sites for hydroxylation is 2. The topological polar surface area (TPSA) is 68.3 Å². The zero-order chi connectivity index (χ0) is 16.7. The van der Waals surface area contributed by atoms with Crippen molar-refractivity contribution in [2.24, 2.45) is 5.92 Å². The van der Waals surface area contributed by atoms with Crippen LogP contribution in [0.15, 0.2) is 18.2 Å². The third kappa shape index (κ3) is 5.66. The molecule has 1 fully saturated rings. The van der Waals surface area contributed by atoms with Crippen LogP contribution in [0.25, 0.3) is 0 Å². The molecular weight excluding hydrogens is 292 g/mol. The summed E-state index contributed by atoms with van der Waals surface area (Å²) in [6.07, 6.45) is 5.71. The van der Waals surface area contributed by atoms with Crippen molar-refractivity contribution in [3.63, 3.8) is 0 Å². The summed E-state index contributed by atoms with van der Waals surface area (Å²) >= 11 is 0. The fourth-order valence-corrected chi connectivity index (χ4v) is 3.13. The first-order valence-corrected chi connectivity index (χ1v) is 8.42. The zero-order valence-electron chi connectivity index (χ0n) is 14.0. The summed E-state index contributed by atoms with van der Waals surface area (Å²) in [5.41, 5.74) is 2.00. The summed E-state index contributed by atoms with van der Waals surface area (Å²) in [6, 6.07) is 5.43. The van der Waals surface area contributed by atoms with Gasteiger partial charge in [-0.3, -0.25) is 9.78 Å². The molecular formula is C18H26N2O3. The molecule has 0 radical (unpaired) electrons. The lowest BCUT2D eigenvalue weighted by molar-refractivity contribution is -0.149. The molecule has 5 heteroatoms. The Kier molecular flexibility index (Phi) is 6.56. The van der Waals surface area contributed by atoms with E-state index >= 15 is 0 Å². The van der Waals surface area contributed by atoms with Crippen molar-refractivity contribution >= 4 is 11.9 Å². The van der Waals surface area contributed by atoms with Crippen molar-refractivity contribution in [1.29, 1.82) is 0 Å². The van der Waals surface area contributed by atoms with Crippen molar-refractivity contribution in [3.8, 4) is 0 Å². The average molecular weight is 318 g/mol. The van der Waals surface area contributed by atoms with E-state index in [9.17, 15) is 9.59 Å². The molecule has 1 saturated carbocycles. The Morgan fingerprint density at radius 1 is 1.35 bits per heavy atom. The van der Waals surface area contributed by atoms with Gasteiger partial charge >= 0.3 is 5.97 Å². The third-order valence-corrected chi connectivity index (χ3v) is 4.25. The molecule has 2 rings (SSSR count). The minimum absolute atomic E-state index is 0.178. The van der Waals surface area contributed by atoms with Crippen molar-refractivity contribution in [3.05, 3.63) is 29.6 Å². The Hall–Kier alpha value is -1.91. The second-order valence-corrected chi connectivity index (χ2v) is 6.26. The highest BCUT2D eigenvalue weighted by Gasteiger charge is 2.32. The van der Waals surface area contributed by atoms with Gasteiger partial charge < -0.3 is 10.1 Å². The number of ether oxygens (including phenoxy) is 1. The molecule has 1 N–H and O–H groups in total. The van der Waals surface area contributed by atoms with Crippen LogP contribution in [-0.4, -0.2) is 29.5 Å². The predicted octanol–water partition coefficient (Wildman–Crippen LogP) is 2.56. The predicted molar refractivity (Wildman–Crippen MR) is 87.8 cm³/mol. The van der Waals surface area contributed by atoms with Crippen LogP contribution in [0.5, 0.6) is 0 Å². The number of pyridine rings is 1. The second kappa shape index (κ2) is 8.65. The molecule has 0 saturated heterocycles. The van der Waals surface area contributed by atoms with Gasteiger partial charge in [0.15, 0.2) is 0 Å². The fraction of sp³-hybridized carbons (Fsp3) is 0.611. The number of carbonyl (C=O) groups excluding carboxylic acids is 2. The highest BCUT2D eigenvalue weighted by atomic mass is 16.5. The van der Waals surface area contributed by atoms with Crippen LogP contribution in [-0.2, 0) is 20.7 Å². The Morgan fingerprint density at radius 2 is 2.09 bits per heavy atom. The average Bonchev–Trinajstić information content (AvgIpc) is 3.03. The molecule has 126 valence electrons. The summed E-state index contributed by atoms with van der Waals surface area (Å²) in [4.78, 5) is 28.0. The van der Waals surface area contributed by atoms with Gasteiger partial charge in [0, 0.05) is 18.3 Å². The summed E-state index contributed by atoms with van der Waals surface area (Å²) in [6.45, 7) is 3.76. The Labute approximate surface area is 137 Å². The van der Waals surface area contributed by atoms with Gasteiger partial charge in [0.2, 0.25) is 5.91 Å². The minimum Gasteiger partial charge on any atom is -0.464 e. The smallest absolute Gasteiger partial charge is 0.328 e. The maximum atomic E-state index is 12.3. The van der Waals surface area contributed by atoms with Crippen LogP contribution >= 0.6 is 0 Å². The van der Waals surface area contributed by atoms with Gasteiger partial charge in [-0.15, -0.1) is 0 Å². The lowest BCUT2D eigenvalue weighted by atomic mass is 9.98. The monoisotopic (exact) mass is 318 g/mol. The van der Waals surface area contributed by atoms with E-state index in [0.29, 0.717) is 6.61 Å². The molecule has 1 aliphatic rings. The first-order chi connectivity index (χ1) is 11.1. The number of hydrogen-bond donors (Lipinski definition) is 1. The van der Waals surface area contributed by atoms with E-state index in [1.54, 1.807) is 0 Å². The molecule has 0 spiro atoms. The molecule has 0 bridgehead atoms. The van der Waals surface area contributed by atoms with Crippen LogP contribution in [0.2, 0.25) is 0 Å². The summed E-state index contributed by atoms with van der Waals surface area (Å²) < 4.78 is 5.39. The number of aromatic nitrogens is 1. The van der Waals surface area contributed by atoms with Gasteiger partial charge in [-0.25, -0.2) is 4.79 Å². The molecule has 23 heavy (non-hydrogen) atoms. The van der Waals surface area contributed by atoms with E-state index in [1.807, 2.05) is 25.1 Å². The Balaban J connectivity index is 1.78. The number of esters is 1. The highest BCUT2D eigenvalue weighted by Crippen LogP contribution is 2.28. The first-order valence-electron chi connectivity index (χ1n) is 8.42. The highest BCUT2D eigenvalue weighted by molar-refractivity contribution is 5.83. The van der Waals surface area contributed by atoms with Crippen molar-refractivity contribution in [1.82, 2.24) is 10.3 Å². The molecule has 5 nitrogen and oxygen atoms in total. The summed E-state index contributed by atoms with van der Waals surface area (Å²) in [5, 5.41) is 2.76. The zero-order valence-corrected chi connectivity index (χ0v) is 14.0. The molecule has 1 heterocycles. The number of nitrogens with zero attached hydrogens (tertiary/aromatic N) is 1. The van der Waals surface area contributed by atoms with Gasteiger partial charge in [0.25, 0.3) is 0 Å². The first kappa shape index (κ1) is 17.4. The third-order valence-electron chi connectivity index (χ3n) is 4.25. The molecule has 1 amide bonds. The molecule has 1 atom stereocenters. The van der Waals surface area contributed by atoms with E-state index in [2.05, 4.69) is 10.3 Å². The van der Waals surface area contributed by atoms with E-state index in [0.717, 1.165) is 49.9 Å². The van der Waals surface area contributed by atoms with E-state index in [4.69, 9.17) is 4.74 Å². The van der Waals surface area contributed by atoms with Crippen LogP contribution < -0.4 is 5.32 Å². The van der Waals surface area contributed by atoms with Crippen molar-refractivity contribution in [2.75, 3.05) is 6.61 Å². The quantitative estimate of drug-likeness (QED) is 0.620. The summed E-state index contributed by atoms with van der Waals surface area (Å²) in [5.74, 6) is -0.267. The molecule has 1 aromatic rings. The van der Waals surface area contributed by atoms with E-state index in [-0.39, 0.29) is 17.8 Å². The molecule has 1 aliphatic carbocycles. The molecule has 1 unspecified atom stereocenters. The van der Waals surface area contributed by atoms with Gasteiger partial charge in [-0.2, -0.15) is 0 Å². The molecule has 0 aromatic carbocycles. The normalized spacial score (nSPS) is 16.1. The standard InChI is InChI=1S/C18H26N2O3/c1-13-7-5-10-16(19-13)11-6-12-23-18(22)17(20-14(2)21)15-8-3-4-9-15/h5,7,10,15,17H,3-4,6,8-9,11-12H2,1-2H3,(H,20,21). The van der Waals surface area contributed by atoms with E-state index in [1.165, 1.54) is 6.92 Å². The number of carbonyl (C=O) groups is 2. The maximum Gasteiger partial charge on any atom is 0.328 e. The maximum absolute atomic E-state index is 12.3. The Bertz CT molecular complexity index is 539. The number of rotatable bonds is 7. The van der Waals surface area contributed by atoms with Gasteiger partial charge in [0.1, 0.15) is 6.04 Å². The van der Waals surface area contributed by atoms with Crippen LogP contribution in [0.1, 0.15) is 50.4 Å². The molecule has 1 aromatic heterocycles. The lowest BCUT2D eigenvalue weighted by Crippen LogP contribution is -2.45. The van der Waals surface area contributed by atoms with Gasteiger partial charge in [-0.05, 0) is 50.7 Å². The van der Waals surface area contributed by atoms with Crippen LogP contribution in [0, 0.1) is 12.8 Å². The minimum atomic E-state index is -0.493. The largest absolute Gasteiger partial charge is 0.464 e. The van der Waals surface area contributed by atoms with Crippen molar-refractivity contribution < 1.29 is 14.3 Å². The van der Waals surface area contributed by atoms with Crippen molar-refractivity contribution in [2.45, 2.75) is 58.4 Å². The van der Waals surface area contributed by atoms with Crippen LogP contribution in [0.3, 0.4) is 0 Å². The van der Waals surface area contributed by atoms with Gasteiger partial charge in [0.05, 0.1) is 6.61 Å². The summed E-state index contributed by atoms with van der Waals surface area (Å²) in [7, 11) is 0. The SMILES string of the molecule is CC(=O)NC(C(=O)OCCCc1cccc(C)n1)C1CCCC1. The molecule has 0 aliphatic heterocycles. The van der Waals surface area contributed by atoms with Gasteiger partial charge in [-0.1, -0.05) is 18.9 Å². The number of nitrogens with one attached hydrogen (secondary N) is 1. The number of hydrogen-bond acceptors (Lipinski definition) is 4.